The number of hydrogen-bond donors (Lipinski definition) is 0. The fraction of sp³-hybridized carbons (Fsp3) is 0.250. The molecule has 0 saturated heterocycles. The highest BCUT2D eigenvalue weighted by Gasteiger charge is 2.06. The van der Waals surface area contributed by atoms with Gasteiger partial charge in [-0.15, -0.1) is 0 Å². The lowest BCUT2D eigenvalue weighted by Crippen LogP contribution is -2.05. The number of hydrogen-bond acceptors (Lipinski definition) is 1. The van der Waals surface area contributed by atoms with E-state index < -0.39 is 0 Å². The van der Waals surface area contributed by atoms with E-state index >= 15 is 0 Å². The van der Waals surface area contributed by atoms with Gasteiger partial charge in [0.05, 0.1) is 22.9 Å². The van der Waals surface area contributed by atoms with Gasteiger partial charge in [-0.1, -0.05) is 30.7 Å². The van der Waals surface area contributed by atoms with Gasteiger partial charge in [-0.3, -0.25) is 4.68 Å². The molecule has 0 amide bonds. The van der Waals surface area contributed by atoms with Crippen LogP contribution in [0.1, 0.15) is 18.2 Å². The van der Waals surface area contributed by atoms with Crippen LogP contribution in [0.15, 0.2) is 34.9 Å². The highest BCUT2D eigenvalue weighted by molar-refractivity contribution is 9.10. The molecule has 4 heteroatoms. The minimum absolute atomic E-state index is 0.765. The fourth-order valence-electron chi connectivity index (χ4n) is 1.64. The van der Waals surface area contributed by atoms with Crippen molar-refractivity contribution in [1.29, 1.82) is 0 Å². The first-order chi connectivity index (χ1) is 7.70. The molecule has 0 radical (unpaired) electrons. The van der Waals surface area contributed by atoms with Crippen LogP contribution in [0.5, 0.6) is 0 Å². The lowest BCUT2D eigenvalue weighted by atomic mass is 10.2. The van der Waals surface area contributed by atoms with Gasteiger partial charge in [0.25, 0.3) is 0 Å². The monoisotopic (exact) mass is 298 g/mol. The molecule has 1 heterocycles. The summed E-state index contributed by atoms with van der Waals surface area (Å²) in [6.45, 7) is 2.91. The lowest BCUT2D eigenvalue weighted by Gasteiger charge is -2.06. The Labute approximate surface area is 108 Å². The molecule has 0 fully saturated rings. The summed E-state index contributed by atoms with van der Waals surface area (Å²) in [6, 6.07) is 7.86. The van der Waals surface area contributed by atoms with Gasteiger partial charge in [0.15, 0.2) is 0 Å². The highest BCUT2D eigenvalue weighted by Crippen LogP contribution is 2.18. The van der Waals surface area contributed by atoms with Crippen molar-refractivity contribution >= 4 is 27.5 Å². The first-order valence-corrected chi connectivity index (χ1v) is 6.32. The zero-order chi connectivity index (χ0) is 11.5. The summed E-state index contributed by atoms with van der Waals surface area (Å²) in [5, 5.41) is 5.11. The molecule has 0 spiro atoms. The molecule has 84 valence electrons. The van der Waals surface area contributed by atoms with Crippen LogP contribution in [-0.2, 0) is 13.0 Å². The molecule has 16 heavy (non-hydrogen) atoms. The van der Waals surface area contributed by atoms with Gasteiger partial charge in [-0.05, 0) is 40.0 Å². The van der Waals surface area contributed by atoms with E-state index in [4.69, 9.17) is 11.6 Å². The molecule has 0 unspecified atom stereocenters. The van der Waals surface area contributed by atoms with Gasteiger partial charge in [0.1, 0.15) is 0 Å². The SMILES string of the molecule is CCc1c(Br)cnn1Cc1ccc(Cl)cc1. The summed E-state index contributed by atoms with van der Waals surface area (Å²) in [4.78, 5) is 0. The van der Waals surface area contributed by atoms with E-state index in [9.17, 15) is 0 Å². The minimum Gasteiger partial charge on any atom is -0.264 e. The topological polar surface area (TPSA) is 17.8 Å². The molecule has 1 aromatic heterocycles. The molecular formula is C12H12BrClN2. The Balaban J connectivity index is 2.23. The normalized spacial score (nSPS) is 10.7. The van der Waals surface area contributed by atoms with Gasteiger partial charge in [0, 0.05) is 5.02 Å². The maximum Gasteiger partial charge on any atom is 0.0663 e. The molecule has 0 aliphatic rings. The van der Waals surface area contributed by atoms with Crippen molar-refractivity contribution in [2.24, 2.45) is 0 Å². The second kappa shape index (κ2) is 5.02. The fourth-order valence-corrected chi connectivity index (χ4v) is 2.34. The second-order valence-corrected chi connectivity index (χ2v) is 4.87. The van der Waals surface area contributed by atoms with Crippen molar-refractivity contribution < 1.29 is 0 Å². The minimum atomic E-state index is 0.765. The van der Waals surface area contributed by atoms with Crippen molar-refractivity contribution in [3.05, 3.63) is 51.2 Å². The van der Waals surface area contributed by atoms with Gasteiger partial charge in [-0.2, -0.15) is 5.10 Å². The summed E-state index contributed by atoms with van der Waals surface area (Å²) in [6.07, 6.45) is 2.81. The van der Waals surface area contributed by atoms with E-state index in [1.54, 1.807) is 0 Å². The molecule has 2 nitrogen and oxygen atoms in total. The van der Waals surface area contributed by atoms with Crippen molar-refractivity contribution in [3.8, 4) is 0 Å². The molecule has 0 saturated carbocycles. The molecular weight excluding hydrogens is 288 g/mol. The largest absolute Gasteiger partial charge is 0.264 e. The summed E-state index contributed by atoms with van der Waals surface area (Å²) < 4.78 is 3.08. The number of halogens is 2. The number of nitrogens with zero attached hydrogens (tertiary/aromatic N) is 2. The van der Waals surface area contributed by atoms with Crippen molar-refractivity contribution in [2.75, 3.05) is 0 Å². The third kappa shape index (κ3) is 2.47. The number of benzene rings is 1. The average Bonchev–Trinajstić information content (AvgIpc) is 2.63. The van der Waals surface area contributed by atoms with E-state index in [1.807, 2.05) is 35.1 Å². The maximum atomic E-state index is 5.85. The van der Waals surface area contributed by atoms with Gasteiger partial charge in [-0.25, -0.2) is 0 Å². The summed E-state index contributed by atoms with van der Waals surface area (Å²) in [5.74, 6) is 0. The summed E-state index contributed by atoms with van der Waals surface area (Å²) >= 11 is 9.35. The predicted octanol–water partition coefficient (Wildman–Crippen LogP) is 3.91. The highest BCUT2D eigenvalue weighted by atomic mass is 79.9. The van der Waals surface area contributed by atoms with Crippen molar-refractivity contribution in [2.45, 2.75) is 19.9 Å². The third-order valence-corrected chi connectivity index (χ3v) is 3.39. The smallest absolute Gasteiger partial charge is 0.0663 e. The third-order valence-electron chi connectivity index (χ3n) is 2.48. The Hall–Kier alpha value is -0.800. The standard InChI is InChI=1S/C12H12BrClN2/c1-2-12-11(13)7-15-16(12)8-9-3-5-10(14)6-4-9/h3-7H,2,8H2,1H3. The Kier molecular flexibility index (Phi) is 3.66. The first-order valence-electron chi connectivity index (χ1n) is 5.15. The van der Waals surface area contributed by atoms with Gasteiger partial charge in [0.2, 0.25) is 0 Å². The van der Waals surface area contributed by atoms with Gasteiger partial charge < -0.3 is 0 Å². The Bertz CT molecular complexity index is 476. The van der Waals surface area contributed by atoms with Gasteiger partial charge >= 0.3 is 0 Å². The van der Waals surface area contributed by atoms with Crippen molar-refractivity contribution in [1.82, 2.24) is 9.78 Å². The zero-order valence-electron chi connectivity index (χ0n) is 8.95. The number of rotatable bonds is 3. The van der Waals surface area contributed by atoms with Crippen LogP contribution in [0.3, 0.4) is 0 Å². The van der Waals surface area contributed by atoms with Crippen LogP contribution >= 0.6 is 27.5 Å². The Morgan fingerprint density at radius 3 is 2.62 bits per heavy atom. The molecule has 2 aromatic rings. The molecule has 2 rings (SSSR count). The Morgan fingerprint density at radius 2 is 2.00 bits per heavy atom. The lowest BCUT2D eigenvalue weighted by molar-refractivity contribution is 0.649. The van der Waals surface area contributed by atoms with E-state index in [0.29, 0.717) is 0 Å². The van der Waals surface area contributed by atoms with Crippen LogP contribution in [0, 0.1) is 0 Å². The number of aromatic nitrogens is 2. The molecule has 1 aromatic carbocycles. The zero-order valence-corrected chi connectivity index (χ0v) is 11.3. The van der Waals surface area contributed by atoms with Crippen LogP contribution in [0.4, 0.5) is 0 Å². The van der Waals surface area contributed by atoms with E-state index in [2.05, 4.69) is 28.0 Å². The predicted molar refractivity (Wildman–Crippen MR) is 69.9 cm³/mol. The quantitative estimate of drug-likeness (QED) is 0.840. The summed E-state index contributed by atoms with van der Waals surface area (Å²) in [7, 11) is 0. The van der Waals surface area contributed by atoms with Crippen LogP contribution in [0.2, 0.25) is 5.02 Å². The van der Waals surface area contributed by atoms with E-state index in [1.165, 1.54) is 11.3 Å². The molecule has 0 aliphatic heterocycles. The van der Waals surface area contributed by atoms with Crippen LogP contribution < -0.4 is 0 Å². The van der Waals surface area contributed by atoms with E-state index in [-0.39, 0.29) is 0 Å². The first kappa shape index (κ1) is 11.7. The molecule has 0 N–H and O–H groups in total. The average molecular weight is 300 g/mol. The summed E-state index contributed by atoms with van der Waals surface area (Å²) in [5.41, 5.74) is 2.42. The van der Waals surface area contributed by atoms with Crippen molar-refractivity contribution in [3.63, 3.8) is 0 Å². The molecule has 0 aliphatic carbocycles. The van der Waals surface area contributed by atoms with E-state index in [0.717, 1.165) is 22.5 Å². The molecule has 0 bridgehead atoms. The molecule has 0 atom stereocenters. The maximum absolute atomic E-state index is 5.85. The van der Waals surface area contributed by atoms with Crippen LogP contribution in [0.25, 0.3) is 0 Å². The van der Waals surface area contributed by atoms with Crippen LogP contribution in [-0.4, -0.2) is 9.78 Å². The second-order valence-electron chi connectivity index (χ2n) is 3.58. The Morgan fingerprint density at radius 1 is 1.31 bits per heavy atom.